The Morgan fingerprint density at radius 1 is 1.43 bits per heavy atom. The number of halogens is 2. The molecule has 4 N–H and O–H groups in total. The molecular formula is C14H19Cl2N3O2. The summed E-state index contributed by atoms with van der Waals surface area (Å²) in [6.07, 6.45) is 3.57. The van der Waals surface area contributed by atoms with E-state index in [1.54, 1.807) is 12.1 Å². The van der Waals surface area contributed by atoms with Crippen molar-refractivity contribution in [3.63, 3.8) is 0 Å². The third-order valence-electron chi connectivity index (χ3n) is 3.40. The number of carbonyl (C=O) groups is 2. The molecule has 0 spiro atoms. The number of rotatable bonds is 5. The van der Waals surface area contributed by atoms with Gasteiger partial charge in [0.1, 0.15) is 0 Å². The van der Waals surface area contributed by atoms with E-state index >= 15 is 0 Å². The normalized spacial score (nSPS) is 17.1. The van der Waals surface area contributed by atoms with Gasteiger partial charge in [-0.15, -0.1) is 12.4 Å². The van der Waals surface area contributed by atoms with Gasteiger partial charge in [-0.25, -0.2) is 0 Å². The Balaban J connectivity index is 0.00000220. The van der Waals surface area contributed by atoms with Crippen molar-refractivity contribution in [1.82, 2.24) is 5.32 Å². The second-order valence-corrected chi connectivity index (χ2v) is 5.35. The molecule has 0 aromatic heterocycles. The van der Waals surface area contributed by atoms with Gasteiger partial charge in [0.25, 0.3) is 0 Å². The zero-order valence-electron chi connectivity index (χ0n) is 11.5. The lowest BCUT2D eigenvalue weighted by Gasteiger charge is -2.10. The highest BCUT2D eigenvalue weighted by molar-refractivity contribution is 6.33. The van der Waals surface area contributed by atoms with Crippen LogP contribution in [-0.2, 0) is 4.79 Å². The summed E-state index contributed by atoms with van der Waals surface area (Å²) in [7, 11) is 0. The van der Waals surface area contributed by atoms with Crippen LogP contribution in [0, 0.1) is 0 Å². The number of hydrogen-bond acceptors (Lipinski definition) is 3. The van der Waals surface area contributed by atoms with Gasteiger partial charge in [-0.1, -0.05) is 11.6 Å². The van der Waals surface area contributed by atoms with Crippen LogP contribution in [0.15, 0.2) is 18.2 Å². The molecule has 2 rings (SSSR count). The molecule has 1 aliphatic rings. The van der Waals surface area contributed by atoms with E-state index in [9.17, 15) is 9.59 Å². The van der Waals surface area contributed by atoms with Crippen LogP contribution >= 0.6 is 24.0 Å². The molecule has 0 radical (unpaired) electrons. The van der Waals surface area contributed by atoms with Crippen LogP contribution in [0.5, 0.6) is 0 Å². The molecule has 116 valence electrons. The van der Waals surface area contributed by atoms with Crippen LogP contribution in [0.2, 0.25) is 5.02 Å². The first-order valence-electron chi connectivity index (χ1n) is 6.69. The minimum absolute atomic E-state index is 0. The largest absolute Gasteiger partial charge is 0.366 e. The molecule has 1 atom stereocenters. The van der Waals surface area contributed by atoms with Gasteiger partial charge >= 0.3 is 0 Å². The highest BCUT2D eigenvalue weighted by Gasteiger charge is 2.15. The standard InChI is InChI=1S/C14H18ClN3O2.ClH/c15-12-5-3-10(8-11(12)14(16)20)18-13(19)6-4-9-2-1-7-17-9;/h3,5,8-9,17H,1-2,4,6-7H2,(H2,16,20)(H,18,19);1H. The lowest BCUT2D eigenvalue weighted by Crippen LogP contribution is -2.23. The summed E-state index contributed by atoms with van der Waals surface area (Å²) in [6.45, 7) is 1.03. The monoisotopic (exact) mass is 331 g/mol. The molecule has 0 aliphatic carbocycles. The molecule has 0 saturated carbocycles. The molecule has 1 aromatic carbocycles. The smallest absolute Gasteiger partial charge is 0.250 e. The van der Waals surface area contributed by atoms with E-state index in [1.807, 2.05) is 0 Å². The Kier molecular flexibility index (Phi) is 6.95. The summed E-state index contributed by atoms with van der Waals surface area (Å²) >= 11 is 5.85. The predicted molar refractivity (Wildman–Crippen MR) is 86.1 cm³/mol. The van der Waals surface area contributed by atoms with E-state index in [-0.39, 0.29) is 28.9 Å². The van der Waals surface area contributed by atoms with E-state index in [0.717, 1.165) is 19.4 Å². The van der Waals surface area contributed by atoms with Crippen LogP contribution in [0.25, 0.3) is 0 Å². The summed E-state index contributed by atoms with van der Waals surface area (Å²) in [6, 6.07) is 5.14. The van der Waals surface area contributed by atoms with Crippen molar-refractivity contribution in [3.8, 4) is 0 Å². The molecule has 5 nitrogen and oxygen atoms in total. The van der Waals surface area contributed by atoms with Crippen molar-refractivity contribution < 1.29 is 9.59 Å². The summed E-state index contributed by atoms with van der Waals surface area (Å²) in [5, 5.41) is 6.39. The quantitative estimate of drug-likeness (QED) is 0.774. The third-order valence-corrected chi connectivity index (χ3v) is 3.73. The molecule has 1 aromatic rings. The van der Waals surface area contributed by atoms with Crippen LogP contribution in [0.3, 0.4) is 0 Å². The number of hydrogen-bond donors (Lipinski definition) is 3. The molecule has 1 fully saturated rings. The van der Waals surface area contributed by atoms with Gasteiger partial charge in [0, 0.05) is 18.2 Å². The highest BCUT2D eigenvalue weighted by atomic mass is 35.5. The zero-order chi connectivity index (χ0) is 14.5. The molecule has 1 saturated heterocycles. The van der Waals surface area contributed by atoms with Gasteiger partial charge in [-0.2, -0.15) is 0 Å². The van der Waals surface area contributed by atoms with Crippen molar-refractivity contribution >= 4 is 41.5 Å². The Morgan fingerprint density at radius 3 is 2.81 bits per heavy atom. The first-order chi connectivity index (χ1) is 9.56. The summed E-state index contributed by atoms with van der Waals surface area (Å²) in [5.74, 6) is -0.683. The zero-order valence-corrected chi connectivity index (χ0v) is 13.1. The molecule has 1 heterocycles. The van der Waals surface area contributed by atoms with E-state index in [4.69, 9.17) is 17.3 Å². The van der Waals surface area contributed by atoms with Gasteiger partial charge in [-0.05, 0) is 44.0 Å². The Bertz CT molecular complexity index is 517. The van der Waals surface area contributed by atoms with E-state index in [1.165, 1.54) is 12.5 Å². The van der Waals surface area contributed by atoms with Crippen LogP contribution in [0.1, 0.15) is 36.0 Å². The predicted octanol–water partition coefficient (Wildman–Crippen LogP) is 2.33. The lowest BCUT2D eigenvalue weighted by atomic mass is 10.1. The number of nitrogens with one attached hydrogen (secondary N) is 2. The Labute approximate surface area is 135 Å². The second-order valence-electron chi connectivity index (χ2n) is 4.94. The number of nitrogens with two attached hydrogens (primary N) is 1. The third kappa shape index (κ3) is 5.19. The van der Waals surface area contributed by atoms with Gasteiger partial charge in [0.15, 0.2) is 0 Å². The average molecular weight is 332 g/mol. The molecule has 2 amide bonds. The molecular weight excluding hydrogens is 313 g/mol. The fourth-order valence-electron chi connectivity index (χ4n) is 2.32. The van der Waals surface area contributed by atoms with Crippen molar-refractivity contribution in [2.24, 2.45) is 5.73 Å². The first-order valence-corrected chi connectivity index (χ1v) is 7.06. The molecule has 0 bridgehead atoms. The lowest BCUT2D eigenvalue weighted by molar-refractivity contribution is -0.116. The molecule has 7 heteroatoms. The van der Waals surface area contributed by atoms with Gasteiger partial charge in [0.05, 0.1) is 10.6 Å². The molecule has 1 aliphatic heterocycles. The summed E-state index contributed by atoms with van der Waals surface area (Å²) in [5.41, 5.74) is 5.96. The molecule has 1 unspecified atom stereocenters. The Morgan fingerprint density at radius 2 is 2.19 bits per heavy atom. The fourth-order valence-corrected chi connectivity index (χ4v) is 2.53. The van der Waals surface area contributed by atoms with E-state index in [2.05, 4.69) is 10.6 Å². The van der Waals surface area contributed by atoms with Gasteiger partial charge in [-0.3, -0.25) is 9.59 Å². The van der Waals surface area contributed by atoms with Crippen LogP contribution in [0.4, 0.5) is 5.69 Å². The number of benzene rings is 1. The molecule has 21 heavy (non-hydrogen) atoms. The average Bonchev–Trinajstić information content (AvgIpc) is 2.91. The topological polar surface area (TPSA) is 84.2 Å². The van der Waals surface area contributed by atoms with E-state index in [0.29, 0.717) is 18.2 Å². The second kappa shape index (κ2) is 8.22. The van der Waals surface area contributed by atoms with Crippen LogP contribution in [-0.4, -0.2) is 24.4 Å². The van der Waals surface area contributed by atoms with Crippen molar-refractivity contribution in [3.05, 3.63) is 28.8 Å². The van der Waals surface area contributed by atoms with Gasteiger partial charge < -0.3 is 16.4 Å². The van der Waals surface area contributed by atoms with Crippen molar-refractivity contribution in [2.75, 3.05) is 11.9 Å². The van der Waals surface area contributed by atoms with E-state index < -0.39 is 5.91 Å². The number of anilines is 1. The first kappa shape index (κ1) is 17.8. The van der Waals surface area contributed by atoms with Gasteiger partial charge in [0.2, 0.25) is 11.8 Å². The number of primary amides is 1. The minimum Gasteiger partial charge on any atom is -0.366 e. The summed E-state index contributed by atoms with van der Waals surface area (Å²) < 4.78 is 0. The Hall–Kier alpha value is -1.30. The fraction of sp³-hybridized carbons (Fsp3) is 0.429. The SMILES string of the molecule is Cl.NC(=O)c1cc(NC(=O)CCC2CCCN2)ccc1Cl. The van der Waals surface area contributed by atoms with Crippen molar-refractivity contribution in [2.45, 2.75) is 31.7 Å². The highest BCUT2D eigenvalue weighted by Crippen LogP contribution is 2.20. The minimum atomic E-state index is -0.610. The number of amides is 2. The van der Waals surface area contributed by atoms with Crippen molar-refractivity contribution in [1.29, 1.82) is 0 Å². The maximum Gasteiger partial charge on any atom is 0.250 e. The van der Waals surface area contributed by atoms with Crippen LogP contribution < -0.4 is 16.4 Å². The maximum atomic E-state index is 11.8. The summed E-state index contributed by atoms with van der Waals surface area (Å²) in [4.78, 5) is 23.0. The maximum absolute atomic E-state index is 11.8. The number of carbonyl (C=O) groups excluding carboxylic acids is 2.